The maximum atomic E-state index is 6.06. The van der Waals surface area contributed by atoms with E-state index >= 15 is 0 Å². The van der Waals surface area contributed by atoms with Gasteiger partial charge in [-0.25, -0.2) is 4.98 Å². The van der Waals surface area contributed by atoms with Gasteiger partial charge in [0.25, 0.3) is 0 Å². The van der Waals surface area contributed by atoms with Gasteiger partial charge in [0.05, 0.1) is 24.4 Å². The molecule has 0 fully saturated rings. The Balaban J connectivity index is 0.00000243. The normalized spacial score (nSPS) is 11.3. The lowest BCUT2D eigenvalue weighted by atomic mass is 10.4. The van der Waals surface area contributed by atoms with Crippen molar-refractivity contribution >= 4 is 53.1 Å². The molecule has 0 saturated carbocycles. The van der Waals surface area contributed by atoms with Gasteiger partial charge < -0.3 is 19.6 Å². The molecule has 3 rings (SSSR count). The first-order chi connectivity index (χ1) is 12.1. The first-order valence-corrected chi connectivity index (χ1v) is 8.23. The van der Waals surface area contributed by atoms with Crippen molar-refractivity contribution in [1.29, 1.82) is 0 Å². The van der Waals surface area contributed by atoms with E-state index in [9.17, 15) is 0 Å². The maximum Gasteiger partial charge on any atom is 0.216 e. The van der Waals surface area contributed by atoms with Crippen LogP contribution in [0.3, 0.4) is 0 Å². The quantitative estimate of drug-likeness (QED) is 0.279. The van der Waals surface area contributed by atoms with Crippen LogP contribution in [0.1, 0.15) is 11.5 Å². The van der Waals surface area contributed by atoms with E-state index in [1.165, 1.54) is 0 Å². The van der Waals surface area contributed by atoms with Crippen molar-refractivity contribution in [2.45, 2.75) is 13.1 Å². The molecule has 0 radical (unpaired) electrons. The Hall–Kier alpha value is -1.72. The number of H-pyrrole nitrogens is 1. The van der Waals surface area contributed by atoms with Gasteiger partial charge in [0.15, 0.2) is 11.7 Å². The fourth-order valence-electron chi connectivity index (χ4n) is 2.21. The number of halogens is 3. The molecular formula is C15H18Cl2IN7O. The first-order valence-electron chi connectivity index (χ1n) is 7.47. The van der Waals surface area contributed by atoms with Crippen molar-refractivity contribution < 1.29 is 4.42 Å². The van der Waals surface area contributed by atoms with E-state index in [0.717, 1.165) is 5.69 Å². The molecule has 0 unspecified atom stereocenters. The number of rotatable bonds is 5. The van der Waals surface area contributed by atoms with Crippen molar-refractivity contribution in [2.75, 3.05) is 7.05 Å². The fourth-order valence-corrected chi connectivity index (χ4v) is 2.63. The number of hydrogen-bond donors (Lipinski definition) is 3. The van der Waals surface area contributed by atoms with Gasteiger partial charge in [-0.15, -0.1) is 29.1 Å². The molecule has 26 heavy (non-hydrogen) atoms. The molecule has 3 aromatic heterocycles. The number of nitrogens with one attached hydrogen (secondary N) is 3. The lowest BCUT2D eigenvalue weighted by molar-refractivity contribution is 0.577. The van der Waals surface area contributed by atoms with E-state index in [1.807, 2.05) is 17.7 Å². The zero-order valence-corrected chi connectivity index (χ0v) is 17.9. The van der Waals surface area contributed by atoms with Gasteiger partial charge in [0, 0.05) is 19.8 Å². The van der Waals surface area contributed by atoms with Crippen LogP contribution in [0.5, 0.6) is 0 Å². The van der Waals surface area contributed by atoms with Gasteiger partial charge in [-0.3, -0.25) is 10.1 Å². The second-order valence-corrected chi connectivity index (χ2v) is 5.96. The summed E-state index contributed by atoms with van der Waals surface area (Å²) in [7, 11) is 3.54. The predicted octanol–water partition coefficient (Wildman–Crippen LogP) is 3.19. The van der Waals surface area contributed by atoms with Crippen LogP contribution in [-0.2, 0) is 20.1 Å². The highest BCUT2D eigenvalue weighted by atomic mass is 127. The maximum absolute atomic E-state index is 6.06. The van der Waals surface area contributed by atoms with Crippen LogP contribution in [0.4, 0.5) is 0 Å². The summed E-state index contributed by atoms with van der Waals surface area (Å²) in [6.45, 7) is 0.957. The minimum atomic E-state index is 0. The Morgan fingerprint density at radius 1 is 1.35 bits per heavy atom. The molecule has 3 aromatic rings. The summed E-state index contributed by atoms with van der Waals surface area (Å²) >= 11 is 12.1. The van der Waals surface area contributed by atoms with Gasteiger partial charge in [-0.1, -0.05) is 23.2 Å². The van der Waals surface area contributed by atoms with Crippen molar-refractivity contribution in [3.63, 3.8) is 0 Å². The summed E-state index contributed by atoms with van der Waals surface area (Å²) in [4.78, 5) is 8.53. The Morgan fingerprint density at radius 2 is 2.12 bits per heavy atom. The summed E-state index contributed by atoms with van der Waals surface area (Å²) in [5.74, 6) is 2.41. The molecule has 0 aromatic carbocycles. The lowest BCUT2D eigenvalue weighted by Crippen LogP contribution is -2.37. The average molecular weight is 510 g/mol. The van der Waals surface area contributed by atoms with Gasteiger partial charge in [0.1, 0.15) is 11.0 Å². The van der Waals surface area contributed by atoms with Crippen LogP contribution in [0, 0.1) is 0 Å². The van der Waals surface area contributed by atoms with Crippen molar-refractivity contribution in [3.8, 4) is 11.6 Å². The van der Waals surface area contributed by atoms with Gasteiger partial charge >= 0.3 is 0 Å². The molecule has 0 aliphatic heterocycles. The number of furan rings is 1. The predicted molar refractivity (Wildman–Crippen MR) is 112 cm³/mol. The molecule has 0 spiro atoms. The zero-order valence-electron chi connectivity index (χ0n) is 14.1. The highest BCUT2D eigenvalue weighted by Gasteiger charge is 2.11. The van der Waals surface area contributed by atoms with Crippen LogP contribution in [0.15, 0.2) is 33.9 Å². The number of guanidine groups is 1. The molecular weight excluding hydrogens is 492 g/mol. The van der Waals surface area contributed by atoms with E-state index in [0.29, 0.717) is 46.6 Å². The Bertz CT molecular complexity index is 873. The monoisotopic (exact) mass is 509 g/mol. The van der Waals surface area contributed by atoms with Crippen LogP contribution < -0.4 is 10.6 Å². The number of aromatic amines is 1. The first kappa shape index (κ1) is 20.6. The number of aromatic nitrogens is 4. The molecule has 0 bridgehead atoms. The van der Waals surface area contributed by atoms with Crippen LogP contribution in [0.2, 0.25) is 10.2 Å². The molecule has 0 atom stereocenters. The number of hydrogen-bond acceptors (Lipinski definition) is 4. The second kappa shape index (κ2) is 9.28. The molecule has 11 heteroatoms. The highest BCUT2D eigenvalue weighted by Crippen LogP contribution is 2.24. The van der Waals surface area contributed by atoms with Crippen molar-refractivity contribution in [3.05, 3.63) is 46.2 Å². The van der Waals surface area contributed by atoms with E-state index in [4.69, 9.17) is 27.6 Å². The zero-order chi connectivity index (χ0) is 17.8. The Morgan fingerprint density at radius 3 is 2.73 bits per heavy atom. The smallest absolute Gasteiger partial charge is 0.216 e. The molecule has 140 valence electrons. The third-order valence-electron chi connectivity index (χ3n) is 3.57. The molecule has 3 N–H and O–H groups in total. The van der Waals surface area contributed by atoms with Crippen LogP contribution in [0.25, 0.3) is 11.6 Å². The van der Waals surface area contributed by atoms with Crippen molar-refractivity contribution in [2.24, 2.45) is 12.0 Å². The minimum absolute atomic E-state index is 0. The minimum Gasteiger partial charge on any atom is -0.461 e. The summed E-state index contributed by atoms with van der Waals surface area (Å²) in [6.07, 6.45) is 1.58. The summed E-state index contributed by atoms with van der Waals surface area (Å²) in [5, 5.41) is 14.4. The lowest BCUT2D eigenvalue weighted by Gasteiger charge is -2.11. The van der Waals surface area contributed by atoms with E-state index in [1.54, 1.807) is 25.4 Å². The SMILES string of the molecule is CN=C(NCc1nc(-c2ccco2)n[nH]1)NCc1cc(Cl)c(Cl)n1C.I. The summed E-state index contributed by atoms with van der Waals surface area (Å²) in [5.41, 5.74) is 0.942. The Kier molecular flexibility index (Phi) is 7.35. The van der Waals surface area contributed by atoms with Gasteiger partial charge in [-0.2, -0.15) is 0 Å². The fraction of sp³-hybridized carbons (Fsp3) is 0.267. The average Bonchev–Trinajstić information content (AvgIpc) is 3.34. The Labute approximate surface area is 177 Å². The molecule has 0 amide bonds. The van der Waals surface area contributed by atoms with Crippen LogP contribution >= 0.6 is 47.2 Å². The standard InChI is InChI=1S/C15H17Cl2N7O.HI/c1-18-15(19-7-9-6-10(16)13(17)24(9)2)20-8-12-21-14(23-22-12)11-4-3-5-25-11;/h3-6H,7-8H2,1-2H3,(H2,18,19,20)(H,21,22,23);1H. The van der Waals surface area contributed by atoms with Gasteiger partial charge in [-0.05, 0) is 18.2 Å². The molecule has 3 heterocycles. The van der Waals surface area contributed by atoms with Gasteiger partial charge in [0.2, 0.25) is 5.82 Å². The second-order valence-electron chi connectivity index (χ2n) is 5.20. The van der Waals surface area contributed by atoms with E-state index in [2.05, 4.69) is 30.8 Å². The topological polar surface area (TPSA) is 96.1 Å². The molecule has 0 aliphatic carbocycles. The van der Waals surface area contributed by atoms with Crippen molar-refractivity contribution in [1.82, 2.24) is 30.4 Å². The molecule has 0 aliphatic rings. The number of nitrogens with zero attached hydrogens (tertiary/aromatic N) is 4. The molecule has 8 nitrogen and oxygen atoms in total. The highest BCUT2D eigenvalue weighted by molar-refractivity contribution is 14.0. The van der Waals surface area contributed by atoms with E-state index < -0.39 is 0 Å². The largest absolute Gasteiger partial charge is 0.461 e. The third kappa shape index (κ3) is 4.71. The third-order valence-corrected chi connectivity index (χ3v) is 4.41. The molecule has 0 saturated heterocycles. The summed E-state index contributed by atoms with van der Waals surface area (Å²) in [6, 6.07) is 5.41. The van der Waals surface area contributed by atoms with Crippen LogP contribution in [-0.4, -0.2) is 32.8 Å². The van der Waals surface area contributed by atoms with E-state index in [-0.39, 0.29) is 24.0 Å². The number of aliphatic imine (C=N–C) groups is 1. The summed E-state index contributed by atoms with van der Waals surface area (Å²) < 4.78 is 7.08.